The Balaban J connectivity index is 1.68. The lowest BCUT2D eigenvalue weighted by molar-refractivity contribution is 0.393. The molecule has 1 aliphatic rings. The molecule has 0 atom stereocenters. The van der Waals surface area contributed by atoms with Gasteiger partial charge in [0.1, 0.15) is 6.67 Å². The van der Waals surface area contributed by atoms with Gasteiger partial charge in [0.25, 0.3) is 5.56 Å². The van der Waals surface area contributed by atoms with Crippen LogP contribution in [0.2, 0.25) is 0 Å². The first-order valence-corrected chi connectivity index (χ1v) is 12.4. The van der Waals surface area contributed by atoms with E-state index in [2.05, 4.69) is 20.0 Å². The van der Waals surface area contributed by atoms with Crippen LogP contribution in [0.1, 0.15) is 29.8 Å². The third-order valence-electron chi connectivity index (χ3n) is 6.15. The fourth-order valence-corrected chi connectivity index (χ4v) is 5.55. The van der Waals surface area contributed by atoms with Gasteiger partial charge >= 0.3 is 5.69 Å². The standard InChI is InChI=1S/C22H24FN7O4S/c1-14-7-16(26-25-14)12-29-19-4-3-17(35(33,34)27-22(13-23)5-6-22)8-18(19)20(31)30(21(29)32)11-15-9-24-28(2)10-15/h3-4,7-10,27H,5-6,11-13H2,1-2H3,(H,25,26). The number of H-pyrrole nitrogens is 1. The van der Waals surface area contributed by atoms with Crippen molar-refractivity contribution in [3.05, 3.63) is 74.4 Å². The third kappa shape index (κ3) is 4.32. The monoisotopic (exact) mass is 501 g/mol. The van der Waals surface area contributed by atoms with Gasteiger partial charge in [0, 0.05) is 18.8 Å². The average Bonchev–Trinajstić information content (AvgIpc) is 3.26. The van der Waals surface area contributed by atoms with Gasteiger partial charge in [0.05, 0.1) is 52.0 Å². The SMILES string of the molecule is Cc1cc(Cn2c(=O)n(Cc3cnn(C)c3)c(=O)c3cc(S(=O)(=O)NC4(CF)CC4)ccc32)[nH]n1. The molecular formula is C22H24FN7O4S. The van der Waals surface area contributed by atoms with Crippen LogP contribution in [0.15, 0.2) is 51.1 Å². The molecule has 0 saturated heterocycles. The fourth-order valence-electron chi connectivity index (χ4n) is 4.08. The van der Waals surface area contributed by atoms with Crippen molar-refractivity contribution in [2.75, 3.05) is 6.67 Å². The van der Waals surface area contributed by atoms with E-state index in [0.29, 0.717) is 24.1 Å². The van der Waals surface area contributed by atoms with Crippen molar-refractivity contribution >= 4 is 20.9 Å². The minimum absolute atomic E-state index is 0.0381. The molecule has 3 aromatic heterocycles. The van der Waals surface area contributed by atoms with E-state index in [-0.39, 0.29) is 28.9 Å². The molecule has 13 heteroatoms. The molecule has 5 rings (SSSR count). The predicted octanol–water partition coefficient (Wildman–Crippen LogP) is 0.805. The summed E-state index contributed by atoms with van der Waals surface area (Å²) >= 11 is 0. The van der Waals surface area contributed by atoms with Crippen LogP contribution in [-0.4, -0.2) is 49.7 Å². The Labute approximate surface area is 199 Å². The molecule has 184 valence electrons. The molecule has 35 heavy (non-hydrogen) atoms. The maximum atomic E-state index is 13.4. The van der Waals surface area contributed by atoms with Crippen LogP contribution < -0.4 is 16.0 Å². The van der Waals surface area contributed by atoms with Crippen LogP contribution in [0.25, 0.3) is 10.9 Å². The van der Waals surface area contributed by atoms with E-state index in [4.69, 9.17) is 0 Å². The molecule has 1 fully saturated rings. The maximum absolute atomic E-state index is 13.4. The van der Waals surface area contributed by atoms with Crippen LogP contribution in [0.3, 0.4) is 0 Å². The Morgan fingerprint density at radius 3 is 2.54 bits per heavy atom. The summed E-state index contributed by atoms with van der Waals surface area (Å²) in [6, 6.07) is 5.77. The quantitative estimate of drug-likeness (QED) is 0.367. The van der Waals surface area contributed by atoms with Crippen LogP contribution >= 0.6 is 0 Å². The van der Waals surface area contributed by atoms with Gasteiger partial charge in [-0.1, -0.05) is 0 Å². The van der Waals surface area contributed by atoms with Gasteiger partial charge in [0.15, 0.2) is 0 Å². The summed E-state index contributed by atoms with van der Waals surface area (Å²) in [6.45, 7) is 1.06. The number of hydrogen-bond donors (Lipinski definition) is 2. The zero-order chi connectivity index (χ0) is 25.0. The predicted molar refractivity (Wildman–Crippen MR) is 125 cm³/mol. The summed E-state index contributed by atoms with van der Waals surface area (Å²) < 4.78 is 45.6. The van der Waals surface area contributed by atoms with Crippen LogP contribution in [0, 0.1) is 6.92 Å². The number of nitrogens with zero attached hydrogens (tertiary/aromatic N) is 5. The Hall–Kier alpha value is -3.58. The second kappa shape index (κ2) is 8.27. The molecule has 4 aromatic rings. The number of aromatic amines is 1. The molecule has 3 heterocycles. The van der Waals surface area contributed by atoms with E-state index >= 15 is 0 Å². The van der Waals surface area contributed by atoms with Gasteiger partial charge < -0.3 is 0 Å². The smallest absolute Gasteiger partial charge is 0.287 e. The highest BCUT2D eigenvalue weighted by atomic mass is 32.2. The van der Waals surface area contributed by atoms with Gasteiger partial charge in [-0.05, 0) is 44.0 Å². The van der Waals surface area contributed by atoms with Gasteiger partial charge in [0.2, 0.25) is 10.0 Å². The number of hydrogen-bond acceptors (Lipinski definition) is 6. The molecule has 0 aliphatic heterocycles. The molecule has 2 N–H and O–H groups in total. The second-order valence-electron chi connectivity index (χ2n) is 9.02. The van der Waals surface area contributed by atoms with Crippen molar-refractivity contribution in [3.63, 3.8) is 0 Å². The van der Waals surface area contributed by atoms with Crippen LogP contribution in [0.4, 0.5) is 4.39 Å². The van der Waals surface area contributed by atoms with E-state index < -0.39 is 33.5 Å². The third-order valence-corrected chi connectivity index (χ3v) is 7.73. The first-order chi connectivity index (χ1) is 16.6. The molecule has 0 amide bonds. The summed E-state index contributed by atoms with van der Waals surface area (Å²) in [5.74, 6) is 0. The van der Waals surface area contributed by atoms with Crippen molar-refractivity contribution < 1.29 is 12.8 Å². The Kier molecular flexibility index (Phi) is 5.48. The lowest BCUT2D eigenvalue weighted by Crippen LogP contribution is -2.41. The average molecular weight is 502 g/mol. The van der Waals surface area contributed by atoms with Crippen molar-refractivity contribution in [2.24, 2.45) is 7.05 Å². The molecule has 1 aromatic carbocycles. The molecule has 0 spiro atoms. The number of halogens is 1. The van der Waals surface area contributed by atoms with Gasteiger partial charge in [-0.3, -0.25) is 23.7 Å². The highest BCUT2D eigenvalue weighted by Gasteiger charge is 2.46. The molecule has 0 unspecified atom stereocenters. The summed E-state index contributed by atoms with van der Waals surface area (Å²) in [5.41, 5.74) is 0.0402. The molecule has 11 nitrogen and oxygen atoms in total. The minimum Gasteiger partial charge on any atom is -0.287 e. The van der Waals surface area contributed by atoms with Gasteiger partial charge in [-0.2, -0.15) is 10.2 Å². The number of aryl methyl sites for hydroxylation is 2. The largest absolute Gasteiger partial charge is 0.332 e. The maximum Gasteiger partial charge on any atom is 0.332 e. The number of aromatic nitrogens is 6. The highest BCUT2D eigenvalue weighted by Crippen LogP contribution is 2.37. The zero-order valence-electron chi connectivity index (χ0n) is 19.2. The summed E-state index contributed by atoms with van der Waals surface area (Å²) in [5, 5.41) is 11.1. The summed E-state index contributed by atoms with van der Waals surface area (Å²) in [4.78, 5) is 26.7. The normalized spacial score (nSPS) is 15.1. The molecule has 0 bridgehead atoms. The number of nitrogens with one attached hydrogen (secondary N) is 2. The van der Waals surface area contributed by atoms with Crippen molar-refractivity contribution in [1.29, 1.82) is 0 Å². The second-order valence-corrected chi connectivity index (χ2v) is 10.7. The summed E-state index contributed by atoms with van der Waals surface area (Å²) in [6.07, 6.45) is 4.07. The minimum atomic E-state index is -4.08. The Morgan fingerprint density at radius 1 is 1.17 bits per heavy atom. The first-order valence-electron chi connectivity index (χ1n) is 11.0. The highest BCUT2D eigenvalue weighted by molar-refractivity contribution is 7.89. The molecular weight excluding hydrogens is 477 g/mol. The number of sulfonamides is 1. The van der Waals surface area contributed by atoms with E-state index in [1.807, 2.05) is 0 Å². The molecule has 1 aliphatic carbocycles. The topological polar surface area (TPSA) is 137 Å². The van der Waals surface area contributed by atoms with E-state index in [0.717, 1.165) is 10.3 Å². The first kappa shape index (κ1) is 23.2. The van der Waals surface area contributed by atoms with E-state index in [9.17, 15) is 22.4 Å². The van der Waals surface area contributed by atoms with Crippen molar-refractivity contribution in [3.8, 4) is 0 Å². The van der Waals surface area contributed by atoms with Gasteiger partial charge in [-0.25, -0.2) is 22.3 Å². The Morgan fingerprint density at radius 2 is 1.94 bits per heavy atom. The van der Waals surface area contributed by atoms with Crippen LogP contribution in [-0.2, 0) is 30.2 Å². The number of fused-ring (bicyclic) bond motifs is 1. The van der Waals surface area contributed by atoms with Crippen LogP contribution in [0.5, 0.6) is 0 Å². The Bertz CT molecular complexity index is 1660. The summed E-state index contributed by atoms with van der Waals surface area (Å²) in [7, 11) is -2.36. The zero-order valence-corrected chi connectivity index (χ0v) is 20.0. The van der Waals surface area contributed by atoms with E-state index in [1.165, 1.54) is 22.8 Å². The number of benzene rings is 1. The molecule has 1 saturated carbocycles. The fraction of sp³-hybridized carbons (Fsp3) is 0.364. The van der Waals surface area contributed by atoms with Crippen molar-refractivity contribution in [1.82, 2.24) is 33.8 Å². The van der Waals surface area contributed by atoms with Crippen molar-refractivity contribution in [2.45, 2.75) is 43.3 Å². The lowest BCUT2D eigenvalue weighted by atomic mass is 10.2. The van der Waals surface area contributed by atoms with E-state index in [1.54, 1.807) is 37.1 Å². The lowest BCUT2D eigenvalue weighted by Gasteiger charge is -2.16. The van der Waals surface area contributed by atoms with Gasteiger partial charge in [-0.15, -0.1) is 0 Å². The number of rotatable bonds is 8. The number of alkyl halides is 1. The molecule has 0 radical (unpaired) electrons.